The quantitative estimate of drug-likeness (QED) is 0.648. The summed E-state index contributed by atoms with van der Waals surface area (Å²) in [5, 5.41) is 2.11. The summed E-state index contributed by atoms with van der Waals surface area (Å²) in [5.74, 6) is -0.330. The van der Waals surface area contributed by atoms with Crippen LogP contribution in [0.4, 0.5) is 0 Å². The Labute approximate surface area is 97.2 Å². The molecule has 2 heterocycles. The normalized spacial score (nSPS) is 10.9. The molecule has 0 radical (unpaired) electrons. The lowest BCUT2D eigenvalue weighted by atomic mass is 10.1. The van der Waals surface area contributed by atoms with Crippen molar-refractivity contribution in [2.75, 3.05) is 7.11 Å². The number of carbonyl (C=O) groups excluding carboxylic acids is 1. The number of pyridine rings is 1. The number of nitrogens with one attached hydrogen (secondary N) is 1. The van der Waals surface area contributed by atoms with E-state index in [0.29, 0.717) is 5.56 Å². The third kappa shape index (κ3) is 1.45. The Bertz CT molecular complexity index is 716. The highest BCUT2D eigenvalue weighted by Gasteiger charge is 2.09. The zero-order valence-electron chi connectivity index (χ0n) is 9.23. The number of nitrogens with zero attached hydrogens (tertiary/aromatic N) is 1. The number of carbonyl (C=O) groups is 1. The number of H-pyrrole nitrogens is 1. The summed E-state index contributed by atoms with van der Waals surface area (Å²) in [7, 11) is 1.38. The molecule has 0 fully saturated rings. The van der Waals surface area contributed by atoms with E-state index >= 15 is 0 Å². The van der Waals surface area contributed by atoms with Gasteiger partial charge in [-0.3, -0.25) is 4.98 Å². The molecule has 0 unspecified atom stereocenters. The number of benzene rings is 1. The summed E-state index contributed by atoms with van der Waals surface area (Å²) >= 11 is 0. The highest BCUT2D eigenvalue weighted by molar-refractivity contribution is 6.08. The van der Waals surface area contributed by atoms with Gasteiger partial charge in [0, 0.05) is 34.2 Å². The van der Waals surface area contributed by atoms with Crippen molar-refractivity contribution in [2.24, 2.45) is 0 Å². The van der Waals surface area contributed by atoms with Gasteiger partial charge < -0.3 is 9.72 Å². The van der Waals surface area contributed by atoms with Gasteiger partial charge in [0.25, 0.3) is 0 Å². The number of methoxy groups -OCH3 is 1. The van der Waals surface area contributed by atoms with Crippen molar-refractivity contribution in [3.8, 4) is 0 Å². The molecule has 4 nitrogen and oxygen atoms in total. The van der Waals surface area contributed by atoms with E-state index in [0.717, 1.165) is 21.8 Å². The number of hydrogen-bond acceptors (Lipinski definition) is 3. The van der Waals surface area contributed by atoms with Crippen LogP contribution in [0.15, 0.2) is 36.7 Å². The molecule has 84 valence electrons. The molecule has 2 aromatic heterocycles. The minimum atomic E-state index is -0.330. The van der Waals surface area contributed by atoms with E-state index in [4.69, 9.17) is 4.74 Å². The van der Waals surface area contributed by atoms with Gasteiger partial charge in [-0.25, -0.2) is 4.79 Å². The Hall–Kier alpha value is -2.36. The molecule has 1 aromatic carbocycles. The van der Waals surface area contributed by atoms with E-state index in [9.17, 15) is 4.79 Å². The van der Waals surface area contributed by atoms with Gasteiger partial charge in [-0.15, -0.1) is 0 Å². The maximum atomic E-state index is 11.4. The highest BCUT2D eigenvalue weighted by Crippen LogP contribution is 2.25. The number of rotatable bonds is 1. The molecule has 0 bridgehead atoms. The van der Waals surface area contributed by atoms with Gasteiger partial charge in [-0.1, -0.05) is 6.07 Å². The number of esters is 1. The van der Waals surface area contributed by atoms with Crippen LogP contribution in [0.2, 0.25) is 0 Å². The molecule has 0 spiro atoms. The van der Waals surface area contributed by atoms with Crippen LogP contribution in [0.25, 0.3) is 21.8 Å². The van der Waals surface area contributed by atoms with E-state index < -0.39 is 0 Å². The van der Waals surface area contributed by atoms with Gasteiger partial charge in [0.15, 0.2) is 0 Å². The fourth-order valence-corrected chi connectivity index (χ4v) is 1.99. The second-order valence-electron chi connectivity index (χ2n) is 3.80. The Morgan fingerprint density at radius 1 is 1.24 bits per heavy atom. The van der Waals surface area contributed by atoms with Gasteiger partial charge in [-0.05, 0) is 18.2 Å². The zero-order chi connectivity index (χ0) is 11.8. The lowest BCUT2D eigenvalue weighted by molar-refractivity contribution is 0.0601. The van der Waals surface area contributed by atoms with Crippen molar-refractivity contribution >= 4 is 27.8 Å². The first-order valence-corrected chi connectivity index (χ1v) is 5.23. The molecular formula is C13H10N2O2. The second kappa shape index (κ2) is 3.59. The van der Waals surface area contributed by atoms with E-state index in [1.165, 1.54) is 7.11 Å². The molecule has 17 heavy (non-hydrogen) atoms. The first-order chi connectivity index (χ1) is 8.29. The van der Waals surface area contributed by atoms with Crippen LogP contribution in [-0.4, -0.2) is 23.0 Å². The third-order valence-electron chi connectivity index (χ3n) is 2.82. The fraction of sp³-hybridized carbons (Fsp3) is 0.0769. The van der Waals surface area contributed by atoms with Gasteiger partial charge in [0.1, 0.15) is 0 Å². The van der Waals surface area contributed by atoms with E-state index in [-0.39, 0.29) is 5.97 Å². The molecule has 0 aliphatic heterocycles. The van der Waals surface area contributed by atoms with E-state index in [1.54, 1.807) is 18.3 Å². The maximum absolute atomic E-state index is 11.4. The molecular weight excluding hydrogens is 216 g/mol. The average molecular weight is 226 g/mol. The van der Waals surface area contributed by atoms with Crippen LogP contribution in [0.5, 0.6) is 0 Å². The molecule has 4 heteroatoms. The lowest BCUT2D eigenvalue weighted by Crippen LogP contribution is -2.00. The van der Waals surface area contributed by atoms with E-state index in [2.05, 4.69) is 9.97 Å². The Morgan fingerprint density at radius 2 is 2.12 bits per heavy atom. The molecule has 0 amide bonds. The van der Waals surface area contributed by atoms with Crippen molar-refractivity contribution in [3.05, 3.63) is 42.2 Å². The minimum Gasteiger partial charge on any atom is -0.465 e. The largest absolute Gasteiger partial charge is 0.465 e. The van der Waals surface area contributed by atoms with Crippen molar-refractivity contribution < 1.29 is 9.53 Å². The monoisotopic (exact) mass is 226 g/mol. The zero-order valence-corrected chi connectivity index (χ0v) is 9.23. The molecule has 0 saturated heterocycles. The number of ether oxygens (including phenoxy) is 1. The molecule has 1 N–H and O–H groups in total. The molecule has 0 aliphatic rings. The number of fused-ring (bicyclic) bond motifs is 3. The lowest BCUT2D eigenvalue weighted by Gasteiger charge is -1.98. The van der Waals surface area contributed by atoms with Gasteiger partial charge in [0.2, 0.25) is 0 Å². The topological polar surface area (TPSA) is 55.0 Å². The van der Waals surface area contributed by atoms with Crippen LogP contribution < -0.4 is 0 Å². The predicted octanol–water partition coefficient (Wildman–Crippen LogP) is 2.50. The minimum absolute atomic E-state index is 0.330. The van der Waals surface area contributed by atoms with Gasteiger partial charge >= 0.3 is 5.97 Å². The van der Waals surface area contributed by atoms with Crippen molar-refractivity contribution in [1.82, 2.24) is 9.97 Å². The molecule has 0 aliphatic carbocycles. The van der Waals surface area contributed by atoms with Gasteiger partial charge in [-0.2, -0.15) is 0 Å². The van der Waals surface area contributed by atoms with Gasteiger partial charge in [0.05, 0.1) is 12.7 Å². The Morgan fingerprint density at radius 3 is 2.94 bits per heavy atom. The first-order valence-electron chi connectivity index (χ1n) is 5.23. The third-order valence-corrected chi connectivity index (χ3v) is 2.82. The predicted molar refractivity (Wildman–Crippen MR) is 64.9 cm³/mol. The number of hydrogen-bond donors (Lipinski definition) is 1. The van der Waals surface area contributed by atoms with E-state index in [1.807, 2.05) is 18.3 Å². The molecule has 3 rings (SSSR count). The summed E-state index contributed by atoms with van der Waals surface area (Å²) in [6.45, 7) is 0. The van der Waals surface area contributed by atoms with Crippen LogP contribution >= 0.6 is 0 Å². The van der Waals surface area contributed by atoms with Crippen LogP contribution in [0, 0.1) is 0 Å². The smallest absolute Gasteiger partial charge is 0.337 e. The number of aromatic amines is 1. The SMILES string of the molecule is COC(=O)c1ccc2c(c1)[nH]c1ccncc12. The standard InChI is InChI=1S/C13H10N2O2/c1-17-13(16)8-2-3-9-10-7-14-5-4-11(10)15-12(9)6-8/h2-7,15H,1H3. The van der Waals surface area contributed by atoms with Crippen LogP contribution in [0.3, 0.4) is 0 Å². The average Bonchev–Trinajstić information content (AvgIpc) is 2.75. The van der Waals surface area contributed by atoms with Crippen molar-refractivity contribution in [2.45, 2.75) is 0 Å². The maximum Gasteiger partial charge on any atom is 0.337 e. The number of aromatic nitrogens is 2. The summed E-state index contributed by atoms with van der Waals surface area (Å²) in [6, 6.07) is 7.37. The Balaban J connectivity index is 2.30. The second-order valence-corrected chi connectivity index (χ2v) is 3.80. The summed E-state index contributed by atoms with van der Waals surface area (Å²) in [6.07, 6.45) is 3.55. The van der Waals surface area contributed by atoms with Crippen molar-refractivity contribution in [1.29, 1.82) is 0 Å². The summed E-state index contributed by atoms with van der Waals surface area (Å²) in [5.41, 5.74) is 2.47. The highest BCUT2D eigenvalue weighted by atomic mass is 16.5. The van der Waals surface area contributed by atoms with Crippen molar-refractivity contribution in [3.63, 3.8) is 0 Å². The summed E-state index contributed by atoms with van der Waals surface area (Å²) < 4.78 is 4.69. The van der Waals surface area contributed by atoms with Crippen LogP contribution in [0.1, 0.15) is 10.4 Å². The summed E-state index contributed by atoms with van der Waals surface area (Å²) in [4.78, 5) is 18.8. The first kappa shape index (κ1) is 9.84. The Kier molecular flexibility index (Phi) is 2.08. The molecule has 0 saturated carbocycles. The van der Waals surface area contributed by atoms with Crippen LogP contribution in [-0.2, 0) is 4.74 Å². The molecule has 0 atom stereocenters. The molecule has 3 aromatic rings. The fourth-order valence-electron chi connectivity index (χ4n) is 1.99.